The van der Waals surface area contributed by atoms with E-state index in [0.29, 0.717) is 50.4 Å². The maximum atomic E-state index is 14.2. The van der Waals surface area contributed by atoms with Crippen molar-refractivity contribution in [3.8, 4) is 22.4 Å². The van der Waals surface area contributed by atoms with Crippen LogP contribution < -0.4 is 11.2 Å². The van der Waals surface area contributed by atoms with Gasteiger partial charge in [-0.3, -0.25) is 4.79 Å². The zero-order valence-electron chi connectivity index (χ0n) is 19.9. The first-order valence-corrected chi connectivity index (χ1v) is 11.5. The summed E-state index contributed by atoms with van der Waals surface area (Å²) in [6.07, 6.45) is 4.65. The van der Waals surface area contributed by atoms with E-state index in [9.17, 15) is 9.18 Å². The number of fused-ring (bicyclic) bond motifs is 2. The Morgan fingerprint density at radius 3 is 2.57 bits per heavy atom. The number of hydrogen-bond acceptors (Lipinski definition) is 8. The van der Waals surface area contributed by atoms with Crippen LogP contribution in [0.2, 0.25) is 0 Å². The van der Waals surface area contributed by atoms with E-state index < -0.39 is 11.9 Å². The molecule has 4 heterocycles. The maximum absolute atomic E-state index is 14.2. The van der Waals surface area contributed by atoms with Gasteiger partial charge in [0.2, 0.25) is 5.43 Å². The normalized spacial score (nSPS) is 12.3. The number of halogens is 1. The van der Waals surface area contributed by atoms with Crippen LogP contribution in [-0.4, -0.2) is 29.7 Å². The van der Waals surface area contributed by atoms with Crippen molar-refractivity contribution >= 4 is 27.8 Å². The highest BCUT2D eigenvalue weighted by Gasteiger charge is 2.27. The minimum absolute atomic E-state index is 0.240. The minimum Gasteiger partial charge on any atom is -0.458 e. The molecule has 182 valence electrons. The second-order valence-corrected chi connectivity index (χ2v) is 8.62. The maximum Gasteiger partial charge on any atom is 0.200 e. The molecule has 9 nitrogen and oxygen atoms in total. The molecular weight excluding hydrogens is 473 g/mol. The number of hydrogen-bond donors (Lipinski definition) is 1. The van der Waals surface area contributed by atoms with E-state index in [2.05, 4.69) is 19.9 Å². The van der Waals surface area contributed by atoms with Gasteiger partial charge in [0.25, 0.3) is 0 Å². The molecule has 10 heteroatoms. The van der Waals surface area contributed by atoms with E-state index in [1.54, 1.807) is 60.4 Å². The molecule has 2 aromatic carbocycles. The Balaban J connectivity index is 1.64. The lowest BCUT2D eigenvalue weighted by molar-refractivity contribution is 0.446. The third-order valence-corrected chi connectivity index (χ3v) is 6.26. The van der Waals surface area contributed by atoms with Crippen LogP contribution in [0.25, 0.3) is 44.4 Å². The zero-order chi connectivity index (χ0) is 25.7. The topological polar surface area (TPSA) is 126 Å². The van der Waals surface area contributed by atoms with Gasteiger partial charge in [-0.1, -0.05) is 24.3 Å². The predicted molar refractivity (Wildman–Crippen MR) is 137 cm³/mol. The first-order chi connectivity index (χ1) is 17.9. The van der Waals surface area contributed by atoms with Gasteiger partial charge in [0.05, 0.1) is 16.3 Å². The van der Waals surface area contributed by atoms with E-state index in [-0.39, 0.29) is 16.8 Å². The van der Waals surface area contributed by atoms with E-state index in [4.69, 9.17) is 15.2 Å². The lowest BCUT2D eigenvalue weighted by Gasteiger charge is -2.17. The quantitative estimate of drug-likeness (QED) is 0.375. The fourth-order valence-electron chi connectivity index (χ4n) is 4.46. The smallest absolute Gasteiger partial charge is 0.200 e. The molecule has 1 unspecified atom stereocenters. The van der Waals surface area contributed by atoms with Crippen molar-refractivity contribution in [3.05, 3.63) is 94.9 Å². The Bertz CT molecular complexity index is 1860. The van der Waals surface area contributed by atoms with E-state index in [0.717, 1.165) is 0 Å². The molecule has 0 aliphatic carbocycles. The number of aromatic nitrogens is 6. The summed E-state index contributed by atoms with van der Waals surface area (Å²) in [5, 5.41) is 5.73. The number of para-hydroxylation sites is 1. The van der Waals surface area contributed by atoms with E-state index >= 15 is 0 Å². The van der Waals surface area contributed by atoms with Gasteiger partial charge >= 0.3 is 0 Å². The highest BCUT2D eigenvalue weighted by atomic mass is 19.1. The third kappa shape index (κ3) is 3.70. The zero-order valence-corrected chi connectivity index (χ0v) is 19.9. The number of nitrogens with two attached hydrogens (primary N) is 1. The average molecular weight is 494 g/mol. The summed E-state index contributed by atoms with van der Waals surface area (Å²) < 4.78 is 22.2. The van der Waals surface area contributed by atoms with Crippen molar-refractivity contribution in [2.75, 3.05) is 5.73 Å². The molecule has 6 aromatic rings. The van der Waals surface area contributed by atoms with Gasteiger partial charge in [0.1, 0.15) is 46.9 Å². The molecular formula is C27H20FN7O2. The second-order valence-electron chi connectivity index (χ2n) is 8.62. The molecule has 0 saturated heterocycles. The van der Waals surface area contributed by atoms with Crippen LogP contribution in [0.5, 0.6) is 0 Å². The van der Waals surface area contributed by atoms with Crippen LogP contribution in [0, 0.1) is 12.7 Å². The molecule has 0 radical (unpaired) electrons. The Kier molecular flexibility index (Phi) is 5.22. The van der Waals surface area contributed by atoms with Crippen LogP contribution in [0.4, 0.5) is 10.2 Å². The van der Waals surface area contributed by atoms with Crippen LogP contribution >= 0.6 is 0 Å². The minimum atomic E-state index is -0.632. The fourth-order valence-corrected chi connectivity index (χ4v) is 4.46. The Labute approximate surface area is 209 Å². The number of nitrogen functional groups attached to an aromatic ring is 1. The summed E-state index contributed by atoms with van der Waals surface area (Å²) in [5.41, 5.74) is 8.61. The van der Waals surface area contributed by atoms with Crippen LogP contribution in [0.3, 0.4) is 0 Å². The van der Waals surface area contributed by atoms with Crippen LogP contribution in [-0.2, 0) is 0 Å². The molecule has 0 saturated carbocycles. The molecule has 2 N–H and O–H groups in total. The number of benzene rings is 2. The van der Waals surface area contributed by atoms with E-state index in [1.165, 1.54) is 18.5 Å². The lowest BCUT2D eigenvalue weighted by Crippen LogP contribution is -2.16. The highest BCUT2D eigenvalue weighted by molar-refractivity contribution is 5.98. The second kappa shape index (κ2) is 8.59. The van der Waals surface area contributed by atoms with Gasteiger partial charge in [-0.2, -0.15) is 5.10 Å². The van der Waals surface area contributed by atoms with Crippen molar-refractivity contribution < 1.29 is 8.81 Å². The standard InChI is InChI=1S/C27H20FN7O2/c1-14(35-27-22(26(29)32-13-33-27)23(34-35)17-11-30-15(2)31-12-17)25-21(16-6-5-7-18(28)10-16)24(36)19-8-3-4-9-20(19)37-25/h3-14H,1-2H3,(H2,29,32,33). The Morgan fingerprint density at radius 2 is 1.78 bits per heavy atom. The monoisotopic (exact) mass is 493 g/mol. The molecule has 0 amide bonds. The van der Waals surface area contributed by atoms with Gasteiger partial charge in [-0.25, -0.2) is 29.0 Å². The molecule has 0 fully saturated rings. The summed E-state index contributed by atoms with van der Waals surface area (Å²) in [7, 11) is 0. The van der Waals surface area contributed by atoms with Crippen molar-refractivity contribution in [3.63, 3.8) is 0 Å². The van der Waals surface area contributed by atoms with Gasteiger partial charge in [0.15, 0.2) is 5.65 Å². The largest absolute Gasteiger partial charge is 0.458 e. The van der Waals surface area contributed by atoms with E-state index in [1.807, 2.05) is 6.92 Å². The van der Waals surface area contributed by atoms with Crippen molar-refractivity contribution in [2.45, 2.75) is 19.9 Å². The molecule has 0 aliphatic heterocycles. The molecule has 1 atom stereocenters. The number of rotatable bonds is 4. The summed E-state index contributed by atoms with van der Waals surface area (Å²) in [5.74, 6) is 0.699. The summed E-state index contributed by atoms with van der Waals surface area (Å²) in [4.78, 5) is 30.8. The van der Waals surface area contributed by atoms with Gasteiger partial charge in [-0.05, 0) is 43.7 Å². The van der Waals surface area contributed by atoms with Crippen molar-refractivity contribution in [2.24, 2.45) is 0 Å². The van der Waals surface area contributed by atoms with Gasteiger partial charge in [-0.15, -0.1) is 0 Å². The molecule has 37 heavy (non-hydrogen) atoms. The summed E-state index contributed by atoms with van der Waals surface area (Å²) in [6, 6.07) is 12.2. The first kappa shape index (κ1) is 22.5. The third-order valence-electron chi connectivity index (χ3n) is 6.26. The lowest BCUT2D eigenvalue weighted by atomic mass is 9.99. The van der Waals surface area contributed by atoms with Crippen molar-refractivity contribution in [1.82, 2.24) is 29.7 Å². The summed E-state index contributed by atoms with van der Waals surface area (Å²) in [6.45, 7) is 3.62. The molecule has 6 rings (SSSR count). The molecule has 0 bridgehead atoms. The average Bonchev–Trinajstić information content (AvgIpc) is 3.29. The predicted octanol–water partition coefficient (Wildman–Crippen LogP) is 4.70. The Hall–Kier alpha value is -4.99. The number of anilines is 1. The van der Waals surface area contributed by atoms with Gasteiger partial charge in [0, 0.05) is 18.0 Å². The SMILES string of the molecule is Cc1ncc(-c2nn(C(C)c3oc4ccccc4c(=O)c3-c3cccc(F)c3)c3ncnc(N)c23)cn1. The molecule has 4 aromatic heterocycles. The fraction of sp³-hybridized carbons (Fsp3) is 0.111. The van der Waals surface area contributed by atoms with Gasteiger partial charge < -0.3 is 10.2 Å². The first-order valence-electron chi connectivity index (χ1n) is 11.5. The number of aryl methyl sites for hydroxylation is 1. The van der Waals surface area contributed by atoms with Crippen LogP contribution in [0.1, 0.15) is 24.6 Å². The molecule has 0 aliphatic rings. The summed E-state index contributed by atoms with van der Waals surface area (Å²) >= 11 is 0. The van der Waals surface area contributed by atoms with Crippen LogP contribution in [0.15, 0.2) is 76.5 Å². The Morgan fingerprint density at radius 1 is 1.00 bits per heavy atom. The molecule has 0 spiro atoms. The van der Waals surface area contributed by atoms with Crippen molar-refractivity contribution in [1.29, 1.82) is 0 Å². The highest BCUT2D eigenvalue weighted by Crippen LogP contribution is 2.36. The number of nitrogens with zero attached hydrogens (tertiary/aromatic N) is 6.